The van der Waals surface area contributed by atoms with Gasteiger partial charge in [0.2, 0.25) is 0 Å². The molecule has 0 N–H and O–H groups in total. The molecule has 0 heterocycles. The fraction of sp³-hybridized carbons (Fsp3) is 0.135. The Balaban J connectivity index is 1.37. The lowest BCUT2D eigenvalue weighted by Gasteiger charge is -2.35. The molecular formula is C37H30. The predicted molar refractivity (Wildman–Crippen MR) is 156 cm³/mol. The number of rotatable bonds is 4. The van der Waals surface area contributed by atoms with Crippen LogP contribution in [0.1, 0.15) is 56.8 Å². The van der Waals surface area contributed by atoms with Crippen LogP contribution in [0.15, 0.2) is 133 Å². The Kier molecular flexibility index (Phi) is 5.04. The van der Waals surface area contributed by atoms with Crippen molar-refractivity contribution in [2.24, 2.45) is 0 Å². The van der Waals surface area contributed by atoms with Crippen LogP contribution in [0, 0.1) is 13.8 Å². The summed E-state index contributed by atoms with van der Waals surface area (Å²) in [6.07, 6.45) is 12.7. The summed E-state index contributed by atoms with van der Waals surface area (Å²) in [4.78, 5) is 0. The highest BCUT2D eigenvalue weighted by Crippen LogP contribution is 2.56. The molecule has 4 aromatic rings. The third-order valence-corrected chi connectivity index (χ3v) is 8.30. The van der Waals surface area contributed by atoms with Crippen molar-refractivity contribution < 1.29 is 0 Å². The largest absolute Gasteiger partial charge is 0.0804 e. The molecule has 0 nitrogen and oxygen atoms in total. The summed E-state index contributed by atoms with van der Waals surface area (Å²) < 4.78 is 0. The van der Waals surface area contributed by atoms with Crippen LogP contribution < -0.4 is 0 Å². The Labute approximate surface area is 220 Å². The van der Waals surface area contributed by atoms with E-state index < -0.39 is 0 Å². The molecule has 0 aromatic heterocycles. The number of aryl methyl sites for hydroxylation is 2. The molecule has 7 rings (SSSR count). The fourth-order valence-corrected chi connectivity index (χ4v) is 6.34. The maximum absolute atomic E-state index is 2.39. The maximum atomic E-state index is 2.39. The van der Waals surface area contributed by atoms with Crippen LogP contribution in [0.2, 0.25) is 0 Å². The molecule has 3 aliphatic rings. The second-order valence-corrected chi connectivity index (χ2v) is 10.6. The van der Waals surface area contributed by atoms with E-state index in [9.17, 15) is 0 Å². The molecule has 4 aromatic carbocycles. The number of hydrogen-bond acceptors (Lipinski definition) is 0. The van der Waals surface area contributed by atoms with Gasteiger partial charge in [-0.3, -0.25) is 0 Å². The average molecular weight is 475 g/mol. The standard InChI is InChI=1S/C37H30/c1-25-12-16-27(17-13-25)33-24-34(33)28-18-22-30(23-19-28)37(29-20-14-26(2)15-21-29)35-10-5-3-4-8-31(35)32-9-6-7-11-36(32)37/h4-24,33H,3H2,1-2H3. The maximum Gasteiger partial charge on any atom is 0.0713 e. The van der Waals surface area contributed by atoms with Crippen molar-refractivity contribution in [3.63, 3.8) is 0 Å². The first-order valence-corrected chi connectivity index (χ1v) is 13.3. The van der Waals surface area contributed by atoms with E-state index in [1.165, 1.54) is 61.2 Å². The van der Waals surface area contributed by atoms with E-state index >= 15 is 0 Å². The molecule has 37 heavy (non-hydrogen) atoms. The van der Waals surface area contributed by atoms with Gasteiger partial charge in [-0.2, -0.15) is 0 Å². The molecule has 0 saturated carbocycles. The topological polar surface area (TPSA) is 0 Å². The van der Waals surface area contributed by atoms with Crippen molar-refractivity contribution in [1.82, 2.24) is 0 Å². The number of fused-ring (bicyclic) bond motifs is 2. The minimum atomic E-state index is -0.336. The molecular weight excluding hydrogens is 444 g/mol. The first-order chi connectivity index (χ1) is 18.2. The van der Waals surface area contributed by atoms with Crippen LogP contribution in [-0.4, -0.2) is 0 Å². The molecule has 178 valence electrons. The van der Waals surface area contributed by atoms with E-state index in [0.717, 1.165) is 6.42 Å². The summed E-state index contributed by atoms with van der Waals surface area (Å²) in [7, 11) is 0. The highest BCUT2D eigenvalue weighted by Gasteiger charge is 2.46. The Hall–Kier alpha value is -4.16. The Morgan fingerprint density at radius 1 is 0.649 bits per heavy atom. The van der Waals surface area contributed by atoms with Gasteiger partial charge < -0.3 is 0 Å². The number of hydrogen-bond donors (Lipinski definition) is 0. The molecule has 0 spiro atoms. The first-order valence-electron chi connectivity index (χ1n) is 13.3. The summed E-state index contributed by atoms with van der Waals surface area (Å²) in [6, 6.07) is 36.5. The van der Waals surface area contributed by atoms with Crippen molar-refractivity contribution in [2.75, 3.05) is 0 Å². The average Bonchev–Trinajstić information content (AvgIpc) is 3.72. The quantitative estimate of drug-likeness (QED) is 0.277. The molecule has 0 amide bonds. The fourth-order valence-electron chi connectivity index (χ4n) is 6.34. The van der Waals surface area contributed by atoms with Crippen LogP contribution >= 0.6 is 0 Å². The summed E-state index contributed by atoms with van der Waals surface area (Å²) >= 11 is 0. The van der Waals surface area contributed by atoms with Gasteiger partial charge in [0.05, 0.1) is 5.41 Å². The van der Waals surface area contributed by atoms with Crippen molar-refractivity contribution in [3.05, 3.63) is 178 Å². The van der Waals surface area contributed by atoms with Gasteiger partial charge in [0.15, 0.2) is 0 Å². The lowest BCUT2D eigenvalue weighted by atomic mass is 9.66. The van der Waals surface area contributed by atoms with Crippen molar-refractivity contribution in [3.8, 4) is 0 Å². The van der Waals surface area contributed by atoms with E-state index in [0.29, 0.717) is 5.92 Å². The van der Waals surface area contributed by atoms with Crippen molar-refractivity contribution in [2.45, 2.75) is 31.6 Å². The predicted octanol–water partition coefficient (Wildman–Crippen LogP) is 9.10. The van der Waals surface area contributed by atoms with E-state index in [-0.39, 0.29) is 5.41 Å². The Morgan fingerprint density at radius 2 is 1.27 bits per heavy atom. The van der Waals surface area contributed by atoms with Gasteiger partial charge in [-0.15, -0.1) is 0 Å². The van der Waals surface area contributed by atoms with Crippen LogP contribution in [0.3, 0.4) is 0 Å². The molecule has 3 aliphatic carbocycles. The molecule has 2 unspecified atom stereocenters. The van der Waals surface area contributed by atoms with Gasteiger partial charge in [0, 0.05) is 5.92 Å². The van der Waals surface area contributed by atoms with Gasteiger partial charge in [-0.1, -0.05) is 139 Å². The van der Waals surface area contributed by atoms with E-state index in [4.69, 9.17) is 0 Å². The molecule has 0 radical (unpaired) electrons. The highest BCUT2D eigenvalue weighted by atomic mass is 14.5. The van der Waals surface area contributed by atoms with Gasteiger partial charge in [0.25, 0.3) is 0 Å². The zero-order valence-electron chi connectivity index (χ0n) is 21.4. The zero-order chi connectivity index (χ0) is 25.0. The lowest BCUT2D eigenvalue weighted by Crippen LogP contribution is -2.29. The third-order valence-electron chi connectivity index (χ3n) is 8.30. The van der Waals surface area contributed by atoms with Gasteiger partial charge in [-0.05, 0) is 70.4 Å². The molecule has 0 aliphatic heterocycles. The Bertz CT molecular complexity index is 1620. The summed E-state index contributed by atoms with van der Waals surface area (Å²) in [5.41, 5.74) is 14.5. The van der Waals surface area contributed by atoms with Crippen LogP contribution in [0.4, 0.5) is 0 Å². The molecule has 0 heteroatoms. The van der Waals surface area contributed by atoms with Crippen LogP contribution in [-0.2, 0) is 5.41 Å². The Morgan fingerprint density at radius 3 is 2.00 bits per heavy atom. The zero-order valence-corrected chi connectivity index (χ0v) is 21.4. The highest BCUT2D eigenvalue weighted by molar-refractivity contribution is 5.92. The van der Waals surface area contributed by atoms with Gasteiger partial charge >= 0.3 is 0 Å². The lowest BCUT2D eigenvalue weighted by molar-refractivity contribution is 0.760. The van der Waals surface area contributed by atoms with E-state index in [1.807, 2.05) is 0 Å². The normalized spacial score (nSPS) is 21.4. The number of benzene rings is 4. The first kappa shape index (κ1) is 22.1. The third kappa shape index (κ3) is 3.44. The molecule has 2 atom stereocenters. The van der Waals surface area contributed by atoms with E-state index in [1.54, 1.807) is 0 Å². The van der Waals surface area contributed by atoms with Crippen LogP contribution in [0.25, 0.3) is 11.1 Å². The number of allylic oxidation sites excluding steroid dienone is 8. The minimum absolute atomic E-state index is 0.336. The molecule has 0 fully saturated rings. The second-order valence-electron chi connectivity index (χ2n) is 10.6. The van der Waals surface area contributed by atoms with Gasteiger partial charge in [0.1, 0.15) is 0 Å². The van der Waals surface area contributed by atoms with Crippen molar-refractivity contribution in [1.29, 1.82) is 0 Å². The second kappa shape index (κ2) is 8.46. The summed E-state index contributed by atoms with van der Waals surface area (Å²) in [6.45, 7) is 4.32. The van der Waals surface area contributed by atoms with Crippen LogP contribution in [0.5, 0.6) is 0 Å². The SMILES string of the molecule is Cc1ccc(C2C=C2c2ccc(C3(c4ccc(C)cc4)C4=C(C=CCC=C4)c4ccccc43)cc2)cc1. The smallest absolute Gasteiger partial charge is 0.0713 e. The van der Waals surface area contributed by atoms with Crippen molar-refractivity contribution >= 4 is 11.1 Å². The van der Waals surface area contributed by atoms with E-state index in [2.05, 4.69) is 141 Å². The monoisotopic (exact) mass is 474 g/mol. The summed E-state index contributed by atoms with van der Waals surface area (Å²) in [5, 5.41) is 0. The summed E-state index contributed by atoms with van der Waals surface area (Å²) in [5.74, 6) is 0.439. The molecule has 0 saturated heterocycles. The minimum Gasteiger partial charge on any atom is -0.0804 e. The molecule has 0 bridgehead atoms. The van der Waals surface area contributed by atoms with Gasteiger partial charge in [-0.25, -0.2) is 0 Å².